The number of anilines is 2. The Morgan fingerprint density at radius 2 is 1.75 bits per heavy atom. The number of rotatable bonds is 7. The molecular weight excluding hydrogens is 246 g/mol. The summed E-state index contributed by atoms with van der Waals surface area (Å²) >= 11 is 0. The average molecular weight is 269 g/mol. The largest absolute Gasteiger partial charge is 0.385 e. The molecule has 0 fully saturated rings. The number of nitrogens with one attached hydrogen (secondary N) is 1. The third-order valence-corrected chi connectivity index (χ3v) is 3.43. The van der Waals surface area contributed by atoms with Gasteiger partial charge >= 0.3 is 0 Å². The maximum absolute atomic E-state index is 4.32. The van der Waals surface area contributed by atoms with Crippen LogP contribution in [0.25, 0.3) is 0 Å². The number of pyridine rings is 1. The van der Waals surface area contributed by atoms with E-state index < -0.39 is 0 Å². The molecule has 0 aliphatic carbocycles. The molecule has 1 aromatic carbocycles. The molecule has 20 heavy (non-hydrogen) atoms. The molecule has 3 heteroatoms. The lowest BCUT2D eigenvalue weighted by Gasteiger charge is -2.21. The van der Waals surface area contributed by atoms with E-state index in [0.29, 0.717) is 0 Å². The first-order valence-electron chi connectivity index (χ1n) is 7.32. The highest BCUT2D eigenvalue weighted by Gasteiger charge is 2.01. The average Bonchev–Trinajstić information content (AvgIpc) is 2.51. The standard InChI is InChI=1S/C17H23N3/c1-3-20(4-2)17-10-8-16(9-11-17)19-14-12-15-7-5-6-13-18-15/h5-11,13,19H,3-4,12,14H2,1-2H3. The smallest absolute Gasteiger partial charge is 0.0421 e. The molecule has 0 aliphatic heterocycles. The summed E-state index contributed by atoms with van der Waals surface area (Å²) in [5, 5.41) is 3.44. The fourth-order valence-corrected chi connectivity index (χ4v) is 2.26. The van der Waals surface area contributed by atoms with Gasteiger partial charge in [-0.3, -0.25) is 4.98 Å². The van der Waals surface area contributed by atoms with Gasteiger partial charge in [0.1, 0.15) is 0 Å². The third-order valence-electron chi connectivity index (χ3n) is 3.43. The van der Waals surface area contributed by atoms with Gasteiger partial charge in [-0.15, -0.1) is 0 Å². The predicted octanol–water partition coefficient (Wildman–Crippen LogP) is 3.58. The van der Waals surface area contributed by atoms with Gasteiger partial charge in [0.05, 0.1) is 0 Å². The van der Waals surface area contributed by atoms with Crippen LogP contribution in [0, 0.1) is 0 Å². The molecule has 106 valence electrons. The van der Waals surface area contributed by atoms with Crippen molar-refractivity contribution < 1.29 is 0 Å². The zero-order chi connectivity index (χ0) is 14.2. The lowest BCUT2D eigenvalue weighted by atomic mass is 10.2. The first-order valence-corrected chi connectivity index (χ1v) is 7.32. The molecule has 0 saturated heterocycles. The molecule has 3 nitrogen and oxygen atoms in total. The zero-order valence-electron chi connectivity index (χ0n) is 12.3. The Hall–Kier alpha value is -2.03. The molecule has 1 N–H and O–H groups in total. The minimum absolute atomic E-state index is 0.904. The van der Waals surface area contributed by atoms with Crippen molar-refractivity contribution in [1.29, 1.82) is 0 Å². The maximum Gasteiger partial charge on any atom is 0.0421 e. The highest BCUT2D eigenvalue weighted by atomic mass is 15.1. The van der Waals surface area contributed by atoms with Gasteiger partial charge < -0.3 is 10.2 Å². The van der Waals surface area contributed by atoms with Crippen molar-refractivity contribution in [1.82, 2.24) is 4.98 Å². The second-order valence-electron chi connectivity index (χ2n) is 4.72. The quantitative estimate of drug-likeness (QED) is 0.832. The van der Waals surface area contributed by atoms with E-state index in [4.69, 9.17) is 0 Å². The minimum atomic E-state index is 0.904. The van der Waals surface area contributed by atoms with Crippen LogP contribution in [0.1, 0.15) is 19.5 Å². The van der Waals surface area contributed by atoms with Crippen LogP contribution in [0.15, 0.2) is 48.7 Å². The predicted molar refractivity (Wildman–Crippen MR) is 86.4 cm³/mol. The van der Waals surface area contributed by atoms with E-state index in [-0.39, 0.29) is 0 Å². The molecule has 0 aliphatic rings. The second kappa shape index (κ2) is 7.53. The van der Waals surface area contributed by atoms with Crippen molar-refractivity contribution in [2.24, 2.45) is 0 Å². The molecule has 0 unspecified atom stereocenters. The summed E-state index contributed by atoms with van der Waals surface area (Å²) in [6.07, 6.45) is 2.78. The van der Waals surface area contributed by atoms with Crippen LogP contribution in [0.3, 0.4) is 0 Å². The first kappa shape index (κ1) is 14.4. The number of aromatic nitrogens is 1. The Balaban J connectivity index is 1.85. The topological polar surface area (TPSA) is 28.2 Å². The van der Waals surface area contributed by atoms with Gasteiger partial charge in [0.25, 0.3) is 0 Å². The summed E-state index contributed by atoms with van der Waals surface area (Å²) in [5.74, 6) is 0. The molecule has 0 atom stereocenters. The van der Waals surface area contributed by atoms with Crippen molar-refractivity contribution in [3.05, 3.63) is 54.4 Å². The molecule has 0 amide bonds. The SMILES string of the molecule is CCN(CC)c1ccc(NCCc2ccccn2)cc1. The third kappa shape index (κ3) is 3.98. The van der Waals surface area contributed by atoms with E-state index in [0.717, 1.165) is 37.4 Å². The summed E-state index contributed by atoms with van der Waals surface area (Å²) in [6.45, 7) is 7.36. The summed E-state index contributed by atoms with van der Waals surface area (Å²) in [5.41, 5.74) is 3.57. The van der Waals surface area contributed by atoms with Gasteiger partial charge in [0.15, 0.2) is 0 Å². The highest BCUT2D eigenvalue weighted by molar-refractivity contribution is 5.55. The molecule has 0 radical (unpaired) electrons. The van der Waals surface area contributed by atoms with Gasteiger partial charge in [-0.05, 0) is 50.2 Å². The monoisotopic (exact) mass is 269 g/mol. The number of benzene rings is 1. The summed E-state index contributed by atoms with van der Waals surface area (Å²) < 4.78 is 0. The lowest BCUT2D eigenvalue weighted by Crippen LogP contribution is -2.21. The Bertz CT molecular complexity index is 489. The Labute approximate surface area is 121 Å². The Morgan fingerprint density at radius 1 is 1.00 bits per heavy atom. The summed E-state index contributed by atoms with van der Waals surface area (Å²) in [6, 6.07) is 14.7. The van der Waals surface area contributed by atoms with Crippen LogP contribution in [0.4, 0.5) is 11.4 Å². The van der Waals surface area contributed by atoms with E-state index in [9.17, 15) is 0 Å². The fraction of sp³-hybridized carbons (Fsp3) is 0.353. The molecule has 1 aromatic heterocycles. The Morgan fingerprint density at radius 3 is 2.35 bits per heavy atom. The highest BCUT2D eigenvalue weighted by Crippen LogP contribution is 2.17. The zero-order valence-corrected chi connectivity index (χ0v) is 12.3. The van der Waals surface area contributed by atoms with Gasteiger partial charge in [-0.1, -0.05) is 6.07 Å². The molecule has 0 bridgehead atoms. The number of nitrogens with zero attached hydrogens (tertiary/aromatic N) is 2. The van der Waals surface area contributed by atoms with Crippen LogP contribution in [-0.4, -0.2) is 24.6 Å². The Kier molecular flexibility index (Phi) is 5.42. The van der Waals surface area contributed by atoms with Gasteiger partial charge in [0, 0.05) is 49.3 Å². The van der Waals surface area contributed by atoms with Crippen LogP contribution in [0.5, 0.6) is 0 Å². The summed E-state index contributed by atoms with van der Waals surface area (Å²) in [7, 11) is 0. The van der Waals surface area contributed by atoms with E-state index in [1.807, 2.05) is 18.3 Å². The molecule has 1 heterocycles. The maximum atomic E-state index is 4.32. The summed E-state index contributed by atoms with van der Waals surface area (Å²) in [4.78, 5) is 6.67. The van der Waals surface area contributed by atoms with Crippen molar-refractivity contribution in [2.45, 2.75) is 20.3 Å². The molecule has 2 rings (SSSR count). The van der Waals surface area contributed by atoms with Crippen molar-refractivity contribution >= 4 is 11.4 Å². The molecule has 0 spiro atoms. The minimum Gasteiger partial charge on any atom is -0.385 e. The van der Waals surface area contributed by atoms with Crippen LogP contribution in [0.2, 0.25) is 0 Å². The van der Waals surface area contributed by atoms with E-state index in [1.165, 1.54) is 5.69 Å². The first-order chi connectivity index (χ1) is 9.83. The van der Waals surface area contributed by atoms with Gasteiger partial charge in [0.2, 0.25) is 0 Å². The van der Waals surface area contributed by atoms with Gasteiger partial charge in [-0.25, -0.2) is 0 Å². The second-order valence-corrected chi connectivity index (χ2v) is 4.72. The molecule has 2 aromatic rings. The van der Waals surface area contributed by atoms with Gasteiger partial charge in [-0.2, -0.15) is 0 Å². The van der Waals surface area contributed by atoms with Crippen molar-refractivity contribution in [3.63, 3.8) is 0 Å². The molecule has 0 saturated carbocycles. The van der Waals surface area contributed by atoms with Crippen LogP contribution < -0.4 is 10.2 Å². The number of hydrogen-bond acceptors (Lipinski definition) is 3. The van der Waals surface area contributed by atoms with Crippen LogP contribution >= 0.6 is 0 Å². The fourth-order valence-electron chi connectivity index (χ4n) is 2.26. The van der Waals surface area contributed by atoms with Crippen molar-refractivity contribution in [3.8, 4) is 0 Å². The van der Waals surface area contributed by atoms with E-state index in [1.54, 1.807) is 0 Å². The van der Waals surface area contributed by atoms with E-state index in [2.05, 4.69) is 59.4 Å². The molecular formula is C17H23N3. The van der Waals surface area contributed by atoms with E-state index >= 15 is 0 Å². The normalized spacial score (nSPS) is 10.3. The van der Waals surface area contributed by atoms with Crippen molar-refractivity contribution in [2.75, 3.05) is 29.9 Å². The lowest BCUT2D eigenvalue weighted by molar-refractivity contribution is 0.866. The van der Waals surface area contributed by atoms with Crippen LogP contribution in [-0.2, 0) is 6.42 Å². The number of hydrogen-bond donors (Lipinski definition) is 1.